The van der Waals surface area contributed by atoms with E-state index in [1.165, 1.54) is 33.2 Å². The Labute approximate surface area is 237 Å². The van der Waals surface area contributed by atoms with E-state index < -0.39 is 7.12 Å². The lowest BCUT2D eigenvalue weighted by atomic mass is 9.80. The van der Waals surface area contributed by atoms with Gasteiger partial charge in [0, 0.05) is 26.3 Å². The van der Waals surface area contributed by atoms with Gasteiger partial charge in [0.05, 0.1) is 0 Å². The van der Waals surface area contributed by atoms with Crippen molar-refractivity contribution in [2.24, 2.45) is 0 Å². The fraction of sp³-hybridized carbons (Fsp3) is 0. The van der Waals surface area contributed by atoms with Crippen LogP contribution in [-0.2, 0) is 0 Å². The van der Waals surface area contributed by atoms with Crippen LogP contribution in [-0.4, -0.2) is 17.2 Å². The molecule has 0 spiro atoms. The van der Waals surface area contributed by atoms with E-state index in [-0.39, 0.29) is 0 Å². The smallest absolute Gasteiger partial charge is 0.423 e. The van der Waals surface area contributed by atoms with Crippen LogP contribution >= 0.6 is 11.3 Å². The summed E-state index contributed by atoms with van der Waals surface area (Å²) in [6.45, 7) is 0. The molecule has 1 heterocycles. The van der Waals surface area contributed by atoms with E-state index in [9.17, 15) is 10.0 Å². The molecule has 0 aliphatic heterocycles. The average molecular weight is 532 g/mol. The number of fused-ring (bicyclic) bond motifs is 2. The van der Waals surface area contributed by atoms with Crippen LogP contribution in [0.1, 0.15) is 0 Å². The van der Waals surface area contributed by atoms with Crippen LogP contribution in [0.5, 0.6) is 0 Å². The first-order valence-corrected chi connectivity index (χ1v) is 14.2. The van der Waals surface area contributed by atoms with E-state index in [0.717, 1.165) is 43.5 Å². The Morgan fingerprint density at radius 2 is 0.725 bits per heavy atom. The first kappa shape index (κ1) is 24.6. The molecular formula is C36H25BO2S. The van der Waals surface area contributed by atoms with Crippen molar-refractivity contribution < 1.29 is 10.0 Å². The molecular weight excluding hydrogens is 507 g/mol. The summed E-state index contributed by atoms with van der Waals surface area (Å²) in [6.07, 6.45) is 0. The summed E-state index contributed by atoms with van der Waals surface area (Å²) in [7, 11) is -1.60. The Hall–Kier alpha value is -4.48. The molecule has 0 saturated carbocycles. The van der Waals surface area contributed by atoms with Gasteiger partial charge in [-0.1, -0.05) is 140 Å². The molecule has 0 atom stereocenters. The molecule has 0 unspecified atom stereocenters. The van der Waals surface area contributed by atoms with E-state index in [2.05, 4.69) is 84.9 Å². The Balaban J connectivity index is 1.68. The van der Waals surface area contributed by atoms with Crippen molar-refractivity contribution in [3.8, 4) is 43.8 Å². The lowest BCUT2D eigenvalue weighted by molar-refractivity contribution is 0.427. The fourth-order valence-corrected chi connectivity index (χ4v) is 7.16. The summed E-state index contributed by atoms with van der Waals surface area (Å²) in [6, 6.07) is 48.0. The molecule has 2 N–H and O–H groups in total. The van der Waals surface area contributed by atoms with Crippen molar-refractivity contribution in [2.45, 2.75) is 0 Å². The predicted molar refractivity (Wildman–Crippen MR) is 171 cm³/mol. The summed E-state index contributed by atoms with van der Waals surface area (Å²) in [5.74, 6) is 0. The zero-order chi connectivity index (χ0) is 27.1. The molecule has 0 amide bonds. The van der Waals surface area contributed by atoms with Crippen molar-refractivity contribution in [3.05, 3.63) is 140 Å². The van der Waals surface area contributed by atoms with Crippen molar-refractivity contribution >= 4 is 44.8 Å². The van der Waals surface area contributed by atoms with Crippen molar-refractivity contribution in [1.29, 1.82) is 0 Å². The van der Waals surface area contributed by atoms with Crippen LogP contribution in [0.2, 0.25) is 0 Å². The summed E-state index contributed by atoms with van der Waals surface area (Å²) in [5.41, 5.74) is 7.37. The van der Waals surface area contributed by atoms with Crippen LogP contribution in [0.25, 0.3) is 65.4 Å². The second-order valence-corrected chi connectivity index (χ2v) is 10.9. The monoisotopic (exact) mass is 532 g/mol. The number of thiophene rings is 1. The molecule has 2 nitrogen and oxygen atoms in total. The second kappa shape index (κ2) is 10.3. The second-order valence-electron chi connectivity index (χ2n) is 9.86. The molecule has 0 aliphatic rings. The van der Waals surface area contributed by atoms with Gasteiger partial charge in [-0.05, 0) is 43.8 Å². The lowest BCUT2D eigenvalue weighted by Gasteiger charge is -2.18. The summed E-state index contributed by atoms with van der Waals surface area (Å²) < 4.78 is 0.542. The molecule has 0 radical (unpaired) electrons. The molecule has 0 saturated heterocycles. The fourth-order valence-electron chi connectivity index (χ4n) is 5.87. The van der Waals surface area contributed by atoms with E-state index in [1.54, 1.807) is 0 Å². The molecule has 0 bridgehead atoms. The average Bonchev–Trinajstić information content (AvgIpc) is 3.42. The molecule has 0 aliphatic carbocycles. The van der Waals surface area contributed by atoms with E-state index in [4.69, 9.17) is 0 Å². The van der Waals surface area contributed by atoms with Crippen molar-refractivity contribution in [1.82, 2.24) is 0 Å². The standard InChI is InChI=1S/C36H25BO2S/c38-37(39)36-33(26-18-8-3-9-19-26)32(25-16-6-2-7-17-25)35(40-36)34-29-22-12-10-20-27(29)31(24-14-4-1-5-15-24)28-21-11-13-23-30(28)34/h1-23,38-39H. The topological polar surface area (TPSA) is 40.5 Å². The third-order valence-electron chi connectivity index (χ3n) is 7.52. The normalized spacial score (nSPS) is 11.2. The first-order valence-electron chi connectivity index (χ1n) is 13.4. The summed E-state index contributed by atoms with van der Waals surface area (Å²) in [5, 5.41) is 26.0. The third-order valence-corrected chi connectivity index (χ3v) is 8.76. The van der Waals surface area contributed by atoms with Gasteiger partial charge in [-0.2, -0.15) is 0 Å². The predicted octanol–water partition coefficient (Wildman–Crippen LogP) is 8.40. The molecule has 6 aromatic carbocycles. The highest BCUT2D eigenvalue weighted by molar-refractivity contribution is 7.26. The maximum atomic E-state index is 10.7. The van der Waals surface area contributed by atoms with Gasteiger partial charge in [-0.25, -0.2) is 0 Å². The number of benzene rings is 6. The lowest BCUT2D eigenvalue weighted by Crippen LogP contribution is -2.28. The maximum absolute atomic E-state index is 10.7. The Kier molecular flexibility index (Phi) is 6.29. The van der Waals surface area contributed by atoms with Crippen LogP contribution < -0.4 is 4.78 Å². The van der Waals surface area contributed by atoms with E-state index in [0.29, 0.717) is 4.78 Å². The van der Waals surface area contributed by atoms with Gasteiger partial charge < -0.3 is 10.0 Å². The van der Waals surface area contributed by atoms with Gasteiger partial charge in [-0.15, -0.1) is 11.3 Å². The third kappa shape index (κ3) is 4.05. The summed E-state index contributed by atoms with van der Waals surface area (Å²) in [4.78, 5) is 1.03. The quantitative estimate of drug-likeness (QED) is 0.173. The highest BCUT2D eigenvalue weighted by Gasteiger charge is 2.29. The zero-order valence-electron chi connectivity index (χ0n) is 21.7. The molecule has 7 rings (SSSR count). The summed E-state index contributed by atoms with van der Waals surface area (Å²) >= 11 is 1.47. The highest BCUT2D eigenvalue weighted by Crippen LogP contribution is 2.50. The number of hydrogen-bond acceptors (Lipinski definition) is 3. The Morgan fingerprint density at radius 1 is 0.375 bits per heavy atom. The number of hydrogen-bond donors (Lipinski definition) is 2. The van der Waals surface area contributed by atoms with Crippen molar-refractivity contribution in [3.63, 3.8) is 0 Å². The van der Waals surface area contributed by atoms with E-state index >= 15 is 0 Å². The first-order chi connectivity index (χ1) is 19.7. The molecule has 190 valence electrons. The van der Waals surface area contributed by atoms with Gasteiger partial charge in [0.15, 0.2) is 0 Å². The van der Waals surface area contributed by atoms with Crippen LogP contribution in [0.4, 0.5) is 0 Å². The zero-order valence-corrected chi connectivity index (χ0v) is 22.5. The van der Waals surface area contributed by atoms with Gasteiger partial charge in [0.1, 0.15) is 0 Å². The van der Waals surface area contributed by atoms with Crippen LogP contribution in [0.3, 0.4) is 0 Å². The van der Waals surface area contributed by atoms with E-state index in [1.807, 2.05) is 54.6 Å². The SMILES string of the molecule is OB(O)c1sc(-c2c3ccccc3c(-c3ccccc3)c3ccccc23)c(-c2ccccc2)c1-c1ccccc1. The van der Waals surface area contributed by atoms with Gasteiger partial charge in [-0.3, -0.25) is 0 Å². The Bertz CT molecular complexity index is 1910. The molecule has 0 fully saturated rings. The number of rotatable bonds is 5. The van der Waals surface area contributed by atoms with Gasteiger partial charge in [0.2, 0.25) is 0 Å². The van der Waals surface area contributed by atoms with Gasteiger partial charge >= 0.3 is 7.12 Å². The Morgan fingerprint density at radius 3 is 1.15 bits per heavy atom. The molecule has 7 aromatic rings. The minimum Gasteiger partial charge on any atom is -0.423 e. The molecule has 40 heavy (non-hydrogen) atoms. The molecule has 1 aromatic heterocycles. The van der Waals surface area contributed by atoms with Crippen LogP contribution in [0, 0.1) is 0 Å². The highest BCUT2D eigenvalue weighted by atomic mass is 32.1. The maximum Gasteiger partial charge on any atom is 0.499 e. The largest absolute Gasteiger partial charge is 0.499 e. The minimum absolute atomic E-state index is 0.542. The minimum atomic E-state index is -1.60. The molecule has 4 heteroatoms. The van der Waals surface area contributed by atoms with Crippen LogP contribution in [0.15, 0.2) is 140 Å². The van der Waals surface area contributed by atoms with Gasteiger partial charge in [0.25, 0.3) is 0 Å². The van der Waals surface area contributed by atoms with Crippen molar-refractivity contribution in [2.75, 3.05) is 0 Å².